The maximum atomic E-state index is 13.0. The summed E-state index contributed by atoms with van der Waals surface area (Å²) in [5.41, 5.74) is 0. The van der Waals surface area contributed by atoms with E-state index in [0.717, 1.165) is 22.9 Å². The van der Waals surface area contributed by atoms with Crippen LogP contribution in [0.5, 0.6) is 0 Å². The highest BCUT2D eigenvalue weighted by Crippen LogP contribution is 2.26. The summed E-state index contributed by atoms with van der Waals surface area (Å²) in [5, 5.41) is 3.72. The quantitative estimate of drug-likeness (QED) is 0.657. The van der Waals surface area contributed by atoms with Crippen LogP contribution >= 0.6 is 22.9 Å². The molecule has 0 unspecified atom stereocenters. The minimum atomic E-state index is -0.279. The number of rotatable bonds is 5. The number of alkyl halides is 1. The maximum Gasteiger partial charge on any atom is 0.261 e. The largest absolute Gasteiger partial charge is 0.351 e. The van der Waals surface area contributed by atoms with Gasteiger partial charge in [-0.1, -0.05) is 6.07 Å². The number of thiophene rings is 1. The van der Waals surface area contributed by atoms with Gasteiger partial charge >= 0.3 is 0 Å². The Hall–Kier alpha value is -1.13. The first kappa shape index (κ1) is 13.3. The van der Waals surface area contributed by atoms with Crippen LogP contribution < -0.4 is 5.32 Å². The van der Waals surface area contributed by atoms with Gasteiger partial charge in [0.25, 0.3) is 5.91 Å². The maximum absolute atomic E-state index is 13.0. The molecule has 0 aliphatic carbocycles. The van der Waals surface area contributed by atoms with Crippen molar-refractivity contribution in [3.8, 4) is 0 Å². The van der Waals surface area contributed by atoms with E-state index < -0.39 is 0 Å². The summed E-state index contributed by atoms with van der Waals surface area (Å²) in [7, 11) is 0. The van der Waals surface area contributed by atoms with Crippen molar-refractivity contribution in [2.45, 2.75) is 12.8 Å². The molecule has 1 aromatic heterocycles. The Balaban J connectivity index is 2.04. The van der Waals surface area contributed by atoms with Gasteiger partial charge in [0.2, 0.25) is 0 Å². The smallest absolute Gasteiger partial charge is 0.261 e. The van der Waals surface area contributed by atoms with Crippen molar-refractivity contribution in [2.75, 3.05) is 12.4 Å². The molecule has 0 saturated carbocycles. The van der Waals surface area contributed by atoms with Gasteiger partial charge in [-0.25, -0.2) is 4.39 Å². The number of nitrogens with one attached hydrogen (secondary N) is 1. The highest BCUT2D eigenvalue weighted by Gasteiger charge is 2.09. The highest BCUT2D eigenvalue weighted by atomic mass is 35.5. The average molecular weight is 286 g/mol. The molecule has 2 rings (SSSR count). The first-order chi connectivity index (χ1) is 8.70. The molecule has 0 fully saturated rings. The van der Waals surface area contributed by atoms with Gasteiger partial charge in [0.1, 0.15) is 5.82 Å². The van der Waals surface area contributed by atoms with Gasteiger partial charge in [0.05, 0.1) is 4.88 Å². The molecule has 0 aliphatic heterocycles. The van der Waals surface area contributed by atoms with Crippen LogP contribution in [0.4, 0.5) is 4.39 Å². The molecule has 18 heavy (non-hydrogen) atoms. The van der Waals surface area contributed by atoms with Crippen LogP contribution in [-0.2, 0) is 0 Å². The second kappa shape index (κ2) is 6.16. The van der Waals surface area contributed by atoms with Crippen LogP contribution in [0.15, 0.2) is 24.3 Å². The van der Waals surface area contributed by atoms with Gasteiger partial charge < -0.3 is 5.32 Å². The monoisotopic (exact) mass is 285 g/mol. The number of fused-ring (bicyclic) bond motifs is 1. The molecular weight excluding hydrogens is 273 g/mol. The molecule has 1 aromatic carbocycles. The average Bonchev–Trinajstić information content (AvgIpc) is 2.77. The number of carbonyl (C=O) groups is 1. The van der Waals surface area contributed by atoms with Gasteiger partial charge in [-0.05, 0) is 36.4 Å². The van der Waals surface area contributed by atoms with E-state index in [1.54, 1.807) is 12.1 Å². The predicted molar refractivity (Wildman–Crippen MR) is 74.1 cm³/mol. The van der Waals surface area contributed by atoms with Crippen LogP contribution in [0.2, 0.25) is 0 Å². The Bertz CT molecular complexity index is 555. The SMILES string of the molecule is O=C(NCCCCCl)c1cc2ccc(F)cc2s1. The Labute approximate surface area is 114 Å². The zero-order valence-electron chi connectivity index (χ0n) is 9.71. The van der Waals surface area contributed by atoms with E-state index in [1.807, 2.05) is 0 Å². The van der Waals surface area contributed by atoms with E-state index >= 15 is 0 Å². The van der Waals surface area contributed by atoms with Gasteiger partial charge in [-0.15, -0.1) is 22.9 Å². The normalized spacial score (nSPS) is 10.8. The molecular formula is C13H13ClFNOS. The summed E-state index contributed by atoms with van der Waals surface area (Å²) in [4.78, 5) is 12.4. The molecule has 2 aromatic rings. The van der Waals surface area contributed by atoms with Crippen LogP contribution in [-0.4, -0.2) is 18.3 Å². The summed E-state index contributed by atoms with van der Waals surface area (Å²) in [6.07, 6.45) is 1.76. The predicted octanol–water partition coefficient (Wildman–Crippen LogP) is 3.79. The number of hydrogen-bond donors (Lipinski definition) is 1. The molecule has 0 atom stereocenters. The van der Waals surface area contributed by atoms with Crippen molar-refractivity contribution in [3.63, 3.8) is 0 Å². The molecule has 96 valence electrons. The zero-order valence-corrected chi connectivity index (χ0v) is 11.3. The van der Waals surface area contributed by atoms with Gasteiger partial charge in [0.15, 0.2) is 0 Å². The number of amides is 1. The summed E-state index contributed by atoms with van der Waals surface area (Å²) < 4.78 is 13.8. The lowest BCUT2D eigenvalue weighted by Gasteiger charge is -2.01. The van der Waals surface area contributed by atoms with Gasteiger partial charge in [-0.2, -0.15) is 0 Å². The molecule has 0 spiro atoms. The first-order valence-electron chi connectivity index (χ1n) is 5.74. The molecule has 2 nitrogen and oxygen atoms in total. The fraction of sp³-hybridized carbons (Fsp3) is 0.308. The molecule has 0 aliphatic rings. The number of unbranched alkanes of at least 4 members (excludes halogenated alkanes) is 1. The van der Waals surface area contributed by atoms with Crippen LogP contribution in [0.3, 0.4) is 0 Å². The molecule has 1 amide bonds. The lowest BCUT2D eigenvalue weighted by molar-refractivity contribution is 0.0957. The van der Waals surface area contributed by atoms with Crippen molar-refractivity contribution >= 4 is 38.9 Å². The van der Waals surface area contributed by atoms with E-state index in [0.29, 0.717) is 17.3 Å². The number of carbonyl (C=O) groups excluding carboxylic acids is 1. The second-order valence-electron chi connectivity index (χ2n) is 3.94. The third-order valence-electron chi connectivity index (χ3n) is 2.55. The van der Waals surface area contributed by atoms with Crippen molar-refractivity contribution in [3.05, 3.63) is 35.0 Å². The Morgan fingerprint density at radius 1 is 1.33 bits per heavy atom. The lowest BCUT2D eigenvalue weighted by Crippen LogP contribution is -2.23. The highest BCUT2D eigenvalue weighted by molar-refractivity contribution is 7.20. The Kier molecular flexibility index (Phi) is 4.55. The van der Waals surface area contributed by atoms with Crippen molar-refractivity contribution < 1.29 is 9.18 Å². The topological polar surface area (TPSA) is 29.1 Å². The Morgan fingerprint density at radius 3 is 2.94 bits per heavy atom. The fourth-order valence-corrected chi connectivity index (χ4v) is 2.82. The number of hydrogen-bond acceptors (Lipinski definition) is 2. The van der Waals surface area contributed by atoms with E-state index in [4.69, 9.17) is 11.6 Å². The molecule has 0 saturated heterocycles. The number of halogens is 2. The van der Waals surface area contributed by atoms with Crippen LogP contribution in [0.1, 0.15) is 22.5 Å². The van der Waals surface area contributed by atoms with Gasteiger partial charge in [0, 0.05) is 17.1 Å². The van der Waals surface area contributed by atoms with Crippen molar-refractivity contribution in [1.82, 2.24) is 5.32 Å². The van der Waals surface area contributed by atoms with Crippen LogP contribution in [0, 0.1) is 5.82 Å². The molecule has 1 heterocycles. The van der Waals surface area contributed by atoms with E-state index in [2.05, 4.69) is 5.32 Å². The number of benzene rings is 1. The molecule has 0 radical (unpaired) electrons. The summed E-state index contributed by atoms with van der Waals surface area (Å²) in [5.74, 6) is 0.225. The lowest BCUT2D eigenvalue weighted by atomic mass is 10.2. The van der Waals surface area contributed by atoms with Crippen molar-refractivity contribution in [2.24, 2.45) is 0 Å². The van der Waals surface area contributed by atoms with E-state index in [-0.39, 0.29) is 11.7 Å². The summed E-state index contributed by atoms with van der Waals surface area (Å²) in [6.45, 7) is 0.619. The first-order valence-corrected chi connectivity index (χ1v) is 7.09. The minimum absolute atomic E-state index is 0.105. The third-order valence-corrected chi connectivity index (χ3v) is 3.92. The van der Waals surface area contributed by atoms with Crippen molar-refractivity contribution in [1.29, 1.82) is 0 Å². The zero-order chi connectivity index (χ0) is 13.0. The third kappa shape index (κ3) is 3.21. The van der Waals surface area contributed by atoms with Gasteiger partial charge in [-0.3, -0.25) is 4.79 Å². The molecule has 0 bridgehead atoms. The molecule has 1 N–H and O–H groups in total. The minimum Gasteiger partial charge on any atom is -0.351 e. The summed E-state index contributed by atoms with van der Waals surface area (Å²) >= 11 is 6.86. The van der Waals surface area contributed by atoms with E-state index in [1.165, 1.54) is 23.5 Å². The summed E-state index contributed by atoms with van der Waals surface area (Å²) in [6, 6.07) is 6.32. The fourth-order valence-electron chi connectivity index (χ4n) is 1.63. The Morgan fingerprint density at radius 2 is 2.17 bits per heavy atom. The standard InChI is InChI=1S/C13H13ClFNOS/c14-5-1-2-6-16-13(17)12-7-9-3-4-10(15)8-11(9)18-12/h3-4,7-8H,1-2,5-6H2,(H,16,17). The second-order valence-corrected chi connectivity index (χ2v) is 5.41. The van der Waals surface area contributed by atoms with E-state index in [9.17, 15) is 9.18 Å². The molecule has 5 heteroatoms. The van der Waals surface area contributed by atoms with Crippen LogP contribution in [0.25, 0.3) is 10.1 Å².